The van der Waals surface area contributed by atoms with Gasteiger partial charge in [0.1, 0.15) is 36.8 Å². The molecule has 1 fully saturated rings. The minimum Gasteiger partial charge on any atom is -0.462 e. The highest BCUT2D eigenvalue weighted by Gasteiger charge is 2.46. The molecule has 0 spiro atoms. The fraction of sp³-hybridized carbons (Fsp3) is 0.545. The number of unbranched alkanes of at least 4 members (excludes halogenated alkanes) is 3. The molecule has 0 aromatic heterocycles. The van der Waals surface area contributed by atoms with Crippen molar-refractivity contribution in [2.45, 2.75) is 134 Å². The lowest BCUT2D eigenvalue weighted by atomic mass is 10.00. The summed E-state index contributed by atoms with van der Waals surface area (Å²) in [6.07, 6.45) is 35.9. The summed E-state index contributed by atoms with van der Waals surface area (Å²) in [5.41, 5.74) is 0. The molecule has 6 atom stereocenters. The Morgan fingerprint density at radius 3 is 1.77 bits per heavy atom. The average molecular weight is 819 g/mol. The Balaban J connectivity index is 2.60. The third-order valence-corrected chi connectivity index (χ3v) is 8.96. The summed E-state index contributed by atoms with van der Waals surface area (Å²) in [4.78, 5) is 25.2. The quantitative estimate of drug-likeness (QED) is 0.0187. The highest BCUT2D eigenvalue weighted by molar-refractivity contribution is 7.85. The standard InChI is InChI=1S/C44H66O12S/c1-3-5-7-9-11-13-15-17-18-19-21-22-24-26-28-30-32-39(45)53-34-37(35-54-44-43(49)42(48)41(47)38(56-44)36-57(50,51)52)55-40(46)33-31-29-27-25-23-20-16-14-12-10-8-6-4-2/h5-8,10-14,16-18,20-23,26,28,37-38,41-44,47-49H,3-4,9,15,19,24-25,27,29-36H2,1-2H3,(H,50,51,52)/b7-5+,8-6+,12-10+,13-11+,16-14+,18-17+,22-21+,23-20+,28-26+/t37?,38-,41-,42?,43?,44+/m1/s1. The maximum atomic E-state index is 12.7. The number of esters is 2. The smallest absolute Gasteiger partial charge is 0.306 e. The molecular weight excluding hydrogens is 753 g/mol. The first kappa shape index (κ1) is 51.3. The van der Waals surface area contributed by atoms with Crippen molar-refractivity contribution in [2.24, 2.45) is 0 Å². The number of aliphatic hydroxyl groups excluding tert-OH is 3. The Hall–Kier alpha value is -3.69. The lowest BCUT2D eigenvalue weighted by Gasteiger charge is -2.40. The summed E-state index contributed by atoms with van der Waals surface area (Å²) in [5, 5.41) is 30.8. The zero-order chi connectivity index (χ0) is 42.0. The van der Waals surface area contributed by atoms with Crippen molar-refractivity contribution in [3.8, 4) is 0 Å². The molecule has 1 aliphatic heterocycles. The van der Waals surface area contributed by atoms with Gasteiger partial charge in [-0.1, -0.05) is 130 Å². The monoisotopic (exact) mass is 818 g/mol. The largest absolute Gasteiger partial charge is 0.462 e. The zero-order valence-electron chi connectivity index (χ0n) is 33.6. The topological polar surface area (TPSA) is 186 Å². The van der Waals surface area contributed by atoms with Crippen LogP contribution in [0.1, 0.15) is 97.3 Å². The molecule has 1 saturated heterocycles. The number of aliphatic hydroxyl groups is 3. The van der Waals surface area contributed by atoms with Crippen molar-refractivity contribution in [3.05, 3.63) is 109 Å². The van der Waals surface area contributed by atoms with Crippen LogP contribution in [0.2, 0.25) is 0 Å². The average Bonchev–Trinajstić information content (AvgIpc) is 3.17. The van der Waals surface area contributed by atoms with Crippen molar-refractivity contribution in [2.75, 3.05) is 19.0 Å². The molecule has 1 rings (SSSR count). The van der Waals surface area contributed by atoms with Crippen LogP contribution in [0.3, 0.4) is 0 Å². The Kier molecular flexibility index (Phi) is 30.0. The number of carbonyl (C=O) groups is 2. The number of hydrogen-bond donors (Lipinski definition) is 4. The molecule has 57 heavy (non-hydrogen) atoms. The van der Waals surface area contributed by atoms with E-state index in [0.717, 1.165) is 57.8 Å². The van der Waals surface area contributed by atoms with E-state index in [-0.39, 0.29) is 19.4 Å². The molecule has 4 N–H and O–H groups in total. The van der Waals surface area contributed by atoms with E-state index in [1.807, 2.05) is 60.8 Å². The number of ether oxygens (including phenoxy) is 4. The van der Waals surface area contributed by atoms with Gasteiger partial charge in [-0.3, -0.25) is 14.1 Å². The van der Waals surface area contributed by atoms with E-state index in [2.05, 4.69) is 62.5 Å². The first-order valence-electron chi connectivity index (χ1n) is 20.0. The van der Waals surface area contributed by atoms with E-state index >= 15 is 0 Å². The van der Waals surface area contributed by atoms with Crippen molar-refractivity contribution < 1.29 is 56.8 Å². The summed E-state index contributed by atoms with van der Waals surface area (Å²) in [6, 6.07) is 0. The van der Waals surface area contributed by atoms with Gasteiger partial charge in [0.25, 0.3) is 10.1 Å². The molecule has 12 nitrogen and oxygen atoms in total. The van der Waals surface area contributed by atoms with E-state index in [4.69, 9.17) is 18.9 Å². The summed E-state index contributed by atoms with van der Waals surface area (Å²) in [6.45, 7) is 3.36. The highest BCUT2D eigenvalue weighted by atomic mass is 32.2. The third kappa shape index (κ3) is 28.4. The summed E-state index contributed by atoms with van der Waals surface area (Å²) in [7, 11) is -4.62. The molecule has 3 unspecified atom stereocenters. The van der Waals surface area contributed by atoms with E-state index in [1.165, 1.54) is 0 Å². The molecule has 1 heterocycles. The molecule has 320 valence electrons. The van der Waals surface area contributed by atoms with Crippen molar-refractivity contribution >= 4 is 22.1 Å². The molecule has 0 amide bonds. The van der Waals surface area contributed by atoms with Crippen LogP contribution in [0.15, 0.2) is 109 Å². The SMILES string of the molecule is CC/C=C/C=C/C=C/C=C/CCCCCC(=O)OC(COC(=O)CC/C=C/C/C=C/C/C=C/C/C=C/C/C=C/CC)CO[C@H]1O[C@H](CS(=O)(=O)O)[C@@H](O)C(O)C1O. The molecule has 0 radical (unpaired) electrons. The van der Waals surface area contributed by atoms with Gasteiger partial charge in [-0.2, -0.15) is 8.42 Å². The summed E-state index contributed by atoms with van der Waals surface area (Å²) >= 11 is 0. The molecule has 0 bridgehead atoms. The lowest BCUT2D eigenvalue weighted by Crippen LogP contribution is -2.60. The van der Waals surface area contributed by atoms with Gasteiger partial charge in [-0.15, -0.1) is 0 Å². The Morgan fingerprint density at radius 1 is 0.614 bits per heavy atom. The van der Waals surface area contributed by atoms with Crippen LogP contribution < -0.4 is 0 Å². The van der Waals surface area contributed by atoms with E-state index in [9.17, 15) is 37.9 Å². The molecule has 1 aliphatic rings. The second-order valence-electron chi connectivity index (χ2n) is 13.3. The summed E-state index contributed by atoms with van der Waals surface area (Å²) < 4.78 is 53.7. The Bertz CT molecular complexity index is 1470. The van der Waals surface area contributed by atoms with Crippen LogP contribution >= 0.6 is 0 Å². The molecule has 0 aliphatic carbocycles. The molecule has 0 saturated carbocycles. The molecule has 0 aromatic rings. The van der Waals surface area contributed by atoms with E-state index in [0.29, 0.717) is 12.8 Å². The number of allylic oxidation sites excluding steroid dienone is 18. The predicted octanol–water partition coefficient (Wildman–Crippen LogP) is 7.27. The van der Waals surface area contributed by atoms with Crippen LogP contribution in [0.4, 0.5) is 0 Å². The number of carbonyl (C=O) groups excluding carboxylic acids is 2. The minimum absolute atomic E-state index is 0.0787. The van der Waals surface area contributed by atoms with Gasteiger partial charge >= 0.3 is 11.9 Å². The van der Waals surface area contributed by atoms with Gasteiger partial charge in [0, 0.05) is 12.8 Å². The molecule has 13 heteroatoms. The third-order valence-electron chi connectivity index (χ3n) is 8.21. The first-order chi connectivity index (χ1) is 27.5. The van der Waals surface area contributed by atoms with Crippen LogP contribution in [0.5, 0.6) is 0 Å². The lowest BCUT2D eigenvalue weighted by molar-refractivity contribution is -0.297. The van der Waals surface area contributed by atoms with Gasteiger partial charge < -0.3 is 34.3 Å². The van der Waals surface area contributed by atoms with Gasteiger partial charge in [0.15, 0.2) is 12.4 Å². The normalized spacial score (nSPS) is 21.7. The Morgan fingerprint density at radius 2 is 1.18 bits per heavy atom. The second kappa shape index (κ2) is 33.3. The van der Waals surface area contributed by atoms with Gasteiger partial charge in [0.2, 0.25) is 0 Å². The predicted molar refractivity (Wildman–Crippen MR) is 224 cm³/mol. The second-order valence-corrected chi connectivity index (χ2v) is 14.8. The maximum absolute atomic E-state index is 12.7. The maximum Gasteiger partial charge on any atom is 0.306 e. The number of hydrogen-bond acceptors (Lipinski definition) is 11. The fourth-order valence-corrected chi connectivity index (χ4v) is 5.84. The first-order valence-corrected chi connectivity index (χ1v) is 21.6. The van der Waals surface area contributed by atoms with Gasteiger partial charge in [0.05, 0.1) is 6.61 Å². The van der Waals surface area contributed by atoms with Crippen LogP contribution in [0, 0.1) is 0 Å². The van der Waals surface area contributed by atoms with Crippen molar-refractivity contribution in [1.82, 2.24) is 0 Å². The fourth-order valence-electron chi connectivity index (χ4n) is 5.14. The van der Waals surface area contributed by atoms with Crippen LogP contribution in [-0.2, 0) is 38.7 Å². The van der Waals surface area contributed by atoms with E-state index in [1.54, 1.807) is 0 Å². The van der Waals surface area contributed by atoms with Crippen molar-refractivity contribution in [1.29, 1.82) is 0 Å². The van der Waals surface area contributed by atoms with Crippen LogP contribution in [-0.4, -0.2) is 96.0 Å². The van der Waals surface area contributed by atoms with Crippen LogP contribution in [0.25, 0.3) is 0 Å². The van der Waals surface area contributed by atoms with E-state index < -0.39 is 71.2 Å². The zero-order valence-corrected chi connectivity index (χ0v) is 34.4. The Labute approximate surface area is 340 Å². The van der Waals surface area contributed by atoms with Crippen molar-refractivity contribution in [3.63, 3.8) is 0 Å². The molecular formula is C44H66O12S. The minimum atomic E-state index is -4.62. The number of rotatable bonds is 30. The van der Waals surface area contributed by atoms with Gasteiger partial charge in [-0.25, -0.2) is 0 Å². The molecule has 0 aromatic carbocycles. The van der Waals surface area contributed by atoms with Gasteiger partial charge in [-0.05, 0) is 64.2 Å². The summed E-state index contributed by atoms with van der Waals surface area (Å²) in [5.74, 6) is -2.16. The highest BCUT2D eigenvalue weighted by Crippen LogP contribution is 2.23.